The molecule has 3 fully saturated rings. The molecule has 8 atom stereocenters. The van der Waals surface area contributed by atoms with E-state index in [-0.39, 0.29) is 48.1 Å². The molecule has 0 radical (unpaired) electrons. The van der Waals surface area contributed by atoms with Gasteiger partial charge in [0.05, 0.1) is 0 Å². The van der Waals surface area contributed by atoms with Crippen molar-refractivity contribution in [3.63, 3.8) is 0 Å². The molecule has 28 heavy (non-hydrogen) atoms. The number of ketones is 3. The van der Waals surface area contributed by atoms with Gasteiger partial charge in [0.1, 0.15) is 12.0 Å². The second-order valence-corrected chi connectivity index (χ2v) is 9.94. The van der Waals surface area contributed by atoms with Gasteiger partial charge in [-0.1, -0.05) is 20.8 Å². The largest absolute Gasteiger partial charge is 0.475 e. The molecule has 0 saturated heterocycles. The van der Waals surface area contributed by atoms with Gasteiger partial charge < -0.3 is 5.11 Å². The standard InChI is InChI=1S/C22H27FO5/c1-10-6-13-12-8-15(23)14-7-11(24)4-5-21(14,2)18(12)16(25)9-22(13,3)17(10)19(26)20(27)28/h7,10,12-13,15,17-18H,4-6,8-9H2,1-3H3,(H,27,28)/t10?,12-,13-,15?,17+,18+,21-,22-/m0/s1. The summed E-state index contributed by atoms with van der Waals surface area (Å²) < 4.78 is 15.2. The summed E-state index contributed by atoms with van der Waals surface area (Å²) in [5, 5.41) is 9.29. The van der Waals surface area contributed by atoms with Crippen LogP contribution in [0, 0.1) is 40.4 Å². The van der Waals surface area contributed by atoms with Crippen molar-refractivity contribution < 1.29 is 28.7 Å². The quantitative estimate of drug-likeness (QED) is 0.732. The summed E-state index contributed by atoms with van der Waals surface area (Å²) in [5.41, 5.74) is -0.937. The topological polar surface area (TPSA) is 88.5 Å². The van der Waals surface area contributed by atoms with Gasteiger partial charge in [-0.2, -0.15) is 0 Å². The van der Waals surface area contributed by atoms with Crippen LogP contribution in [0.3, 0.4) is 0 Å². The highest BCUT2D eigenvalue weighted by Crippen LogP contribution is 2.67. The van der Waals surface area contributed by atoms with Crippen molar-refractivity contribution >= 4 is 23.3 Å². The monoisotopic (exact) mass is 390 g/mol. The second-order valence-electron chi connectivity index (χ2n) is 9.94. The lowest BCUT2D eigenvalue weighted by Crippen LogP contribution is -2.57. The lowest BCUT2D eigenvalue weighted by molar-refractivity contribution is -0.158. The van der Waals surface area contributed by atoms with Crippen LogP contribution in [0.5, 0.6) is 0 Å². The number of hydrogen-bond donors (Lipinski definition) is 1. The van der Waals surface area contributed by atoms with E-state index >= 15 is 4.39 Å². The Hall–Kier alpha value is -1.85. The van der Waals surface area contributed by atoms with Gasteiger partial charge in [0.2, 0.25) is 5.78 Å². The normalized spacial score (nSPS) is 47.6. The van der Waals surface area contributed by atoms with Crippen molar-refractivity contribution in [2.24, 2.45) is 40.4 Å². The van der Waals surface area contributed by atoms with Gasteiger partial charge in [0, 0.05) is 30.1 Å². The maximum atomic E-state index is 15.2. The summed E-state index contributed by atoms with van der Waals surface area (Å²) in [6.45, 7) is 5.64. The average molecular weight is 390 g/mol. The zero-order valence-electron chi connectivity index (χ0n) is 16.5. The highest BCUT2D eigenvalue weighted by Gasteiger charge is 2.66. The van der Waals surface area contributed by atoms with E-state index in [4.69, 9.17) is 0 Å². The third-order valence-corrected chi connectivity index (χ3v) is 8.46. The minimum absolute atomic E-state index is 0.00399. The molecule has 0 heterocycles. The van der Waals surface area contributed by atoms with Gasteiger partial charge in [0.25, 0.3) is 0 Å². The Bertz CT molecular complexity index is 816. The van der Waals surface area contributed by atoms with Crippen LogP contribution in [0.15, 0.2) is 11.6 Å². The van der Waals surface area contributed by atoms with Crippen LogP contribution in [-0.4, -0.2) is 34.6 Å². The van der Waals surface area contributed by atoms with Crippen molar-refractivity contribution in [3.05, 3.63) is 11.6 Å². The molecule has 1 N–H and O–H groups in total. The smallest absolute Gasteiger partial charge is 0.372 e. The number of carboxylic acid groups (broad SMARTS) is 1. The summed E-state index contributed by atoms with van der Waals surface area (Å²) in [5.74, 6) is -3.87. The summed E-state index contributed by atoms with van der Waals surface area (Å²) >= 11 is 0. The molecule has 6 heteroatoms. The van der Waals surface area contributed by atoms with E-state index in [1.165, 1.54) is 6.08 Å². The number of halogens is 1. The molecule has 0 aromatic heterocycles. The number of allylic oxidation sites excluding steroid dienone is 1. The molecule has 0 bridgehead atoms. The summed E-state index contributed by atoms with van der Waals surface area (Å²) in [6, 6.07) is 0. The SMILES string of the molecule is CC1C[C@H]2[C@@H]3CC(F)C4=CC(=O)CC[C@]4(C)[C@H]3C(=O)C[C@]2(C)[C@H]1C(=O)C(=O)O. The van der Waals surface area contributed by atoms with Crippen LogP contribution < -0.4 is 0 Å². The zero-order valence-corrected chi connectivity index (χ0v) is 16.5. The number of alkyl halides is 1. The Balaban J connectivity index is 1.78. The first kappa shape index (κ1) is 19.5. The van der Waals surface area contributed by atoms with Crippen LogP contribution in [-0.2, 0) is 19.2 Å². The first-order chi connectivity index (χ1) is 13.0. The Morgan fingerprint density at radius 1 is 1.21 bits per heavy atom. The van der Waals surface area contributed by atoms with E-state index in [1.807, 2.05) is 20.8 Å². The third kappa shape index (κ3) is 2.42. The molecule has 4 aliphatic rings. The molecule has 3 saturated carbocycles. The fourth-order valence-electron chi connectivity index (χ4n) is 7.45. The molecular weight excluding hydrogens is 363 g/mol. The Morgan fingerprint density at radius 3 is 2.54 bits per heavy atom. The van der Waals surface area contributed by atoms with Crippen molar-refractivity contribution in [2.75, 3.05) is 0 Å². The molecule has 152 valence electrons. The lowest BCUT2D eigenvalue weighted by atomic mass is 9.46. The number of aliphatic carboxylic acids is 1. The predicted molar refractivity (Wildman–Crippen MR) is 98.1 cm³/mol. The number of Topliss-reactive ketones (excluding diaryl/α,β-unsaturated/α-hetero) is 2. The van der Waals surface area contributed by atoms with Crippen LogP contribution in [0.4, 0.5) is 4.39 Å². The number of hydrogen-bond acceptors (Lipinski definition) is 4. The minimum Gasteiger partial charge on any atom is -0.475 e. The zero-order chi connectivity index (χ0) is 20.6. The molecule has 2 unspecified atom stereocenters. The molecule has 4 rings (SSSR count). The molecule has 0 aliphatic heterocycles. The summed E-state index contributed by atoms with van der Waals surface area (Å²) in [6.07, 6.45) is 1.90. The maximum Gasteiger partial charge on any atom is 0.372 e. The first-order valence-electron chi connectivity index (χ1n) is 10.2. The molecule has 5 nitrogen and oxygen atoms in total. The van der Waals surface area contributed by atoms with Gasteiger partial charge >= 0.3 is 5.97 Å². The predicted octanol–water partition coefficient (Wildman–Crippen LogP) is 3.16. The lowest BCUT2D eigenvalue weighted by Gasteiger charge is -2.57. The first-order valence-corrected chi connectivity index (χ1v) is 10.2. The Kier molecular flexibility index (Phi) is 4.22. The summed E-state index contributed by atoms with van der Waals surface area (Å²) in [7, 11) is 0. The molecule has 0 aromatic carbocycles. The van der Waals surface area contributed by atoms with E-state index in [1.54, 1.807) is 0 Å². The van der Waals surface area contributed by atoms with Gasteiger partial charge in [-0.3, -0.25) is 14.4 Å². The van der Waals surface area contributed by atoms with Crippen molar-refractivity contribution in [2.45, 2.75) is 59.0 Å². The molecular formula is C22H27FO5. The van der Waals surface area contributed by atoms with Crippen LogP contribution >= 0.6 is 0 Å². The fraction of sp³-hybridized carbons (Fsp3) is 0.727. The number of carbonyl (C=O) groups excluding carboxylic acids is 3. The second kappa shape index (κ2) is 6.07. The minimum atomic E-state index is -1.46. The Morgan fingerprint density at radius 2 is 1.89 bits per heavy atom. The van der Waals surface area contributed by atoms with E-state index in [9.17, 15) is 24.3 Å². The number of carbonyl (C=O) groups is 4. The van der Waals surface area contributed by atoms with Crippen LogP contribution in [0.25, 0.3) is 0 Å². The number of fused-ring (bicyclic) bond motifs is 5. The van der Waals surface area contributed by atoms with Gasteiger partial charge in [-0.25, -0.2) is 9.18 Å². The molecule has 0 amide bonds. The highest BCUT2D eigenvalue weighted by molar-refractivity contribution is 6.33. The maximum absolute atomic E-state index is 15.2. The third-order valence-electron chi connectivity index (χ3n) is 8.46. The van der Waals surface area contributed by atoms with Crippen molar-refractivity contribution in [1.29, 1.82) is 0 Å². The van der Waals surface area contributed by atoms with Crippen molar-refractivity contribution in [1.82, 2.24) is 0 Å². The van der Waals surface area contributed by atoms with Crippen LogP contribution in [0.1, 0.15) is 52.9 Å². The van der Waals surface area contributed by atoms with E-state index in [2.05, 4.69) is 0 Å². The molecule has 0 spiro atoms. The van der Waals surface area contributed by atoms with Gasteiger partial charge in [0.15, 0.2) is 5.78 Å². The number of carboxylic acids is 1. The van der Waals surface area contributed by atoms with E-state index in [0.29, 0.717) is 24.8 Å². The Labute approximate surface area is 163 Å². The summed E-state index contributed by atoms with van der Waals surface area (Å²) in [4.78, 5) is 49.1. The molecule has 0 aromatic rings. The fourth-order valence-corrected chi connectivity index (χ4v) is 7.45. The van der Waals surface area contributed by atoms with Gasteiger partial charge in [-0.15, -0.1) is 0 Å². The number of rotatable bonds is 2. The van der Waals surface area contributed by atoms with E-state index in [0.717, 1.165) is 0 Å². The van der Waals surface area contributed by atoms with Crippen molar-refractivity contribution in [3.8, 4) is 0 Å². The average Bonchev–Trinajstić information content (AvgIpc) is 2.85. The van der Waals surface area contributed by atoms with Crippen LogP contribution in [0.2, 0.25) is 0 Å². The highest BCUT2D eigenvalue weighted by atomic mass is 19.1. The van der Waals surface area contributed by atoms with Gasteiger partial charge in [-0.05, 0) is 54.1 Å². The molecule has 4 aliphatic carbocycles. The van der Waals surface area contributed by atoms with E-state index < -0.39 is 34.7 Å².